The van der Waals surface area contributed by atoms with Gasteiger partial charge in [0.1, 0.15) is 5.54 Å². The summed E-state index contributed by atoms with van der Waals surface area (Å²) in [6.07, 6.45) is 29.9. The van der Waals surface area contributed by atoms with Crippen LogP contribution in [0.3, 0.4) is 0 Å². The van der Waals surface area contributed by atoms with Crippen molar-refractivity contribution in [2.24, 2.45) is 5.73 Å². The molecule has 0 aromatic rings. The lowest BCUT2D eigenvalue weighted by Crippen LogP contribution is -2.50. The van der Waals surface area contributed by atoms with E-state index in [2.05, 4.69) is 20.8 Å². The first-order chi connectivity index (χ1) is 20.9. The van der Waals surface area contributed by atoms with Gasteiger partial charge in [0.2, 0.25) is 0 Å². The van der Waals surface area contributed by atoms with Crippen molar-refractivity contribution in [2.75, 3.05) is 6.61 Å². The van der Waals surface area contributed by atoms with E-state index in [1.807, 2.05) is 0 Å². The maximum Gasteiger partial charge on any atom is 0.333 e. The summed E-state index contributed by atoms with van der Waals surface area (Å²) in [6, 6.07) is 0. The molecule has 2 N–H and O–H groups in total. The fourth-order valence-corrected chi connectivity index (χ4v) is 5.56. The average Bonchev–Trinajstić information content (AvgIpc) is 2.99. The van der Waals surface area contributed by atoms with Crippen LogP contribution in [0.4, 0.5) is 0 Å². The average molecular weight is 610 g/mol. The lowest BCUT2D eigenvalue weighted by molar-refractivity contribution is -0.164. The maximum absolute atomic E-state index is 13.1. The first-order valence-corrected chi connectivity index (χ1v) is 18.6. The van der Waals surface area contributed by atoms with Gasteiger partial charge < -0.3 is 15.2 Å². The largest absolute Gasteiger partial charge is 0.466 e. The van der Waals surface area contributed by atoms with Gasteiger partial charge in [0, 0.05) is 12.8 Å². The van der Waals surface area contributed by atoms with Crippen LogP contribution in [0.15, 0.2) is 0 Å². The minimum absolute atomic E-state index is 0.0612. The molecule has 43 heavy (non-hydrogen) atoms. The minimum atomic E-state index is -1.34. The molecule has 1 atom stereocenters. The Kier molecular flexibility index (Phi) is 29.6. The van der Waals surface area contributed by atoms with Crippen LogP contribution in [-0.2, 0) is 23.9 Å². The summed E-state index contributed by atoms with van der Waals surface area (Å²) in [7, 11) is 0. The zero-order valence-electron chi connectivity index (χ0n) is 28.8. The zero-order chi connectivity index (χ0) is 31.9. The molecule has 0 aliphatic carbocycles. The van der Waals surface area contributed by atoms with Gasteiger partial charge in [-0.2, -0.15) is 0 Å². The second-order valence-electron chi connectivity index (χ2n) is 12.9. The molecular weight excluding hydrogens is 538 g/mol. The van der Waals surface area contributed by atoms with Gasteiger partial charge in [-0.05, 0) is 25.7 Å². The topological polar surface area (TPSA) is 95.7 Å². The van der Waals surface area contributed by atoms with Gasteiger partial charge in [-0.3, -0.25) is 9.59 Å². The number of esters is 3. The van der Waals surface area contributed by atoms with Crippen LogP contribution >= 0.6 is 0 Å². The smallest absolute Gasteiger partial charge is 0.333 e. The molecule has 0 rings (SSSR count). The van der Waals surface area contributed by atoms with Crippen molar-refractivity contribution in [1.82, 2.24) is 0 Å². The van der Waals surface area contributed by atoms with Gasteiger partial charge in [0.05, 0.1) is 6.61 Å². The Balaban J connectivity index is 4.40. The second kappa shape index (κ2) is 30.6. The minimum Gasteiger partial charge on any atom is -0.466 e. The number of rotatable bonds is 32. The number of carbonyl (C=O) groups is 3. The highest BCUT2D eigenvalue weighted by Crippen LogP contribution is 2.22. The second-order valence-corrected chi connectivity index (χ2v) is 12.9. The molecule has 0 fully saturated rings. The van der Waals surface area contributed by atoms with Crippen molar-refractivity contribution in [1.29, 1.82) is 0 Å². The third-order valence-corrected chi connectivity index (χ3v) is 8.61. The molecule has 0 amide bonds. The van der Waals surface area contributed by atoms with Gasteiger partial charge in [-0.25, -0.2) is 4.79 Å². The number of hydrogen-bond acceptors (Lipinski definition) is 6. The molecule has 0 saturated carbocycles. The SMILES string of the molecule is CCCCCCCCCCCCOC(=O)CC[C@](N)(CCCCCCCC)C(=O)OC(=O)CCCCCCCCCCC. The van der Waals surface area contributed by atoms with Crippen LogP contribution in [-0.4, -0.2) is 30.1 Å². The van der Waals surface area contributed by atoms with Crippen LogP contribution in [0.5, 0.6) is 0 Å². The Labute approximate surface area is 266 Å². The fourth-order valence-electron chi connectivity index (χ4n) is 5.56. The van der Waals surface area contributed by atoms with Crippen LogP contribution in [0, 0.1) is 0 Å². The van der Waals surface area contributed by atoms with E-state index in [0.29, 0.717) is 13.0 Å². The van der Waals surface area contributed by atoms with Gasteiger partial charge in [0.15, 0.2) is 0 Å². The van der Waals surface area contributed by atoms with Gasteiger partial charge >= 0.3 is 17.9 Å². The van der Waals surface area contributed by atoms with Gasteiger partial charge in [-0.15, -0.1) is 0 Å². The lowest BCUT2D eigenvalue weighted by Gasteiger charge is -2.26. The highest BCUT2D eigenvalue weighted by Gasteiger charge is 2.37. The summed E-state index contributed by atoms with van der Waals surface area (Å²) in [6.45, 7) is 7.06. The molecule has 0 saturated heterocycles. The molecule has 0 aromatic heterocycles. The summed E-state index contributed by atoms with van der Waals surface area (Å²) < 4.78 is 10.7. The predicted octanol–water partition coefficient (Wildman–Crippen LogP) is 10.7. The third-order valence-electron chi connectivity index (χ3n) is 8.61. The summed E-state index contributed by atoms with van der Waals surface area (Å²) >= 11 is 0. The Morgan fingerprint density at radius 1 is 0.465 bits per heavy atom. The molecule has 254 valence electrons. The monoisotopic (exact) mass is 610 g/mol. The van der Waals surface area contributed by atoms with E-state index in [1.54, 1.807) is 0 Å². The first-order valence-electron chi connectivity index (χ1n) is 18.6. The van der Waals surface area contributed by atoms with Crippen molar-refractivity contribution in [3.8, 4) is 0 Å². The van der Waals surface area contributed by atoms with E-state index in [4.69, 9.17) is 15.2 Å². The number of nitrogens with two attached hydrogens (primary N) is 1. The normalized spacial score (nSPS) is 12.7. The van der Waals surface area contributed by atoms with E-state index in [9.17, 15) is 14.4 Å². The predicted molar refractivity (Wildman–Crippen MR) is 180 cm³/mol. The van der Waals surface area contributed by atoms with E-state index in [-0.39, 0.29) is 25.2 Å². The Morgan fingerprint density at radius 2 is 0.860 bits per heavy atom. The van der Waals surface area contributed by atoms with Crippen molar-refractivity contribution < 1.29 is 23.9 Å². The summed E-state index contributed by atoms with van der Waals surface area (Å²) in [5.41, 5.74) is 5.21. The van der Waals surface area contributed by atoms with Crippen molar-refractivity contribution in [2.45, 2.75) is 213 Å². The molecule has 0 aromatic carbocycles. The van der Waals surface area contributed by atoms with Crippen LogP contribution in [0.1, 0.15) is 207 Å². The molecule has 0 aliphatic heterocycles. The lowest BCUT2D eigenvalue weighted by atomic mass is 9.88. The quantitative estimate of drug-likeness (QED) is 0.0463. The maximum atomic E-state index is 13.1. The highest BCUT2D eigenvalue weighted by atomic mass is 16.6. The van der Waals surface area contributed by atoms with Crippen LogP contribution in [0.2, 0.25) is 0 Å². The van der Waals surface area contributed by atoms with E-state index in [0.717, 1.165) is 51.4 Å². The van der Waals surface area contributed by atoms with Gasteiger partial charge in [-0.1, -0.05) is 168 Å². The molecule has 0 heterocycles. The van der Waals surface area contributed by atoms with Crippen molar-refractivity contribution >= 4 is 17.9 Å². The van der Waals surface area contributed by atoms with E-state index in [1.165, 1.54) is 109 Å². The highest BCUT2D eigenvalue weighted by molar-refractivity contribution is 5.91. The molecule has 6 nitrogen and oxygen atoms in total. The Bertz CT molecular complexity index is 667. The van der Waals surface area contributed by atoms with E-state index < -0.39 is 17.5 Å². The summed E-state index contributed by atoms with van der Waals surface area (Å²) in [4.78, 5) is 37.9. The molecule has 0 spiro atoms. The Morgan fingerprint density at radius 3 is 1.33 bits per heavy atom. The van der Waals surface area contributed by atoms with Crippen molar-refractivity contribution in [3.63, 3.8) is 0 Å². The summed E-state index contributed by atoms with van der Waals surface area (Å²) in [5, 5.41) is 0. The molecule has 0 aliphatic rings. The number of ether oxygens (including phenoxy) is 2. The molecular formula is C37H71NO5. The Hall–Kier alpha value is -1.43. The number of unbranched alkanes of at least 4 members (excludes halogenated alkanes) is 22. The zero-order valence-corrected chi connectivity index (χ0v) is 28.8. The molecule has 6 heteroatoms. The molecule has 0 bridgehead atoms. The first kappa shape index (κ1) is 41.6. The van der Waals surface area contributed by atoms with Gasteiger partial charge in [0.25, 0.3) is 0 Å². The molecule has 0 radical (unpaired) electrons. The van der Waals surface area contributed by atoms with E-state index >= 15 is 0 Å². The molecule has 0 unspecified atom stereocenters. The standard InChI is InChI=1S/C37H71NO5/c1-4-7-10-13-16-18-20-22-25-28-33-42-34(39)30-32-37(38,31-27-24-15-12-9-6-3)36(41)43-35(40)29-26-23-21-19-17-14-11-8-5-2/h4-33,38H2,1-3H3/t37-/m1/s1. The van der Waals surface area contributed by atoms with Crippen LogP contribution in [0.25, 0.3) is 0 Å². The van der Waals surface area contributed by atoms with Crippen LogP contribution < -0.4 is 5.73 Å². The number of hydrogen-bond donors (Lipinski definition) is 1. The van der Waals surface area contributed by atoms with Crippen molar-refractivity contribution in [3.05, 3.63) is 0 Å². The number of carbonyl (C=O) groups excluding carboxylic acids is 3. The summed E-state index contributed by atoms with van der Waals surface area (Å²) in [5.74, 6) is -1.53. The fraction of sp³-hybridized carbons (Fsp3) is 0.919. The third kappa shape index (κ3) is 26.7.